The number of rotatable bonds is 6. The van der Waals surface area contributed by atoms with Crippen molar-refractivity contribution < 1.29 is 0 Å². The summed E-state index contributed by atoms with van der Waals surface area (Å²) in [6.45, 7) is 4.48. The first-order valence-electron chi connectivity index (χ1n) is 6.72. The maximum Gasteiger partial charge on any atom is 0.0938 e. The highest BCUT2D eigenvalue weighted by atomic mass is 32.1. The van der Waals surface area contributed by atoms with E-state index in [2.05, 4.69) is 32.0 Å². The first-order chi connectivity index (χ1) is 8.35. The van der Waals surface area contributed by atoms with Crippen molar-refractivity contribution >= 4 is 21.6 Å². The van der Waals surface area contributed by atoms with Gasteiger partial charge in [-0.25, -0.2) is 4.98 Å². The van der Waals surface area contributed by atoms with Gasteiger partial charge in [0, 0.05) is 0 Å². The normalized spacial score (nSPS) is 11.2. The average Bonchev–Trinajstić information content (AvgIpc) is 2.77. The van der Waals surface area contributed by atoms with Gasteiger partial charge < -0.3 is 0 Å². The van der Waals surface area contributed by atoms with Crippen molar-refractivity contribution in [2.45, 2.75) is 52.4 Å². The number of benzene rings is 1. The van der Waals surface area contributed by atoms with Gasteiger partial charge >= 0.3 is 0 Å². The lowest BCUT2D eigenvalue weighted by atomic mass is 10.1. The van der Waals surface area contributed by atoms with E-state index in [4.69, 9.17) is 4.98 Å². The van der Waals surface area contributed by atoms with Gasteiger partial charge in [-0.1, -0.05) is 38.8 Å². The van der Waals surface area contributed by atoms with Crippen LogP contribution in [0, 0.1) is 0 Å². The molecule has 17 heavy (non-hydrogen) atoms. The van der Waals surface area contributed by atoms with Gasteiger partial charge in [-0.3, -0.25) is 0 Å². The van der Waals surface area contributed by atoms with Crippen LogP contribution >= 0.6 is 11.3 Å². The number of hydrogen-bond acceptors (Lipinski definition) is 2. The number of para-hydroxylation sites is 1. The number of thiazole rings is 1. The number of unbranched alkanes of at least 4 members (excludes halogenated alkanes) is 2. The Morgan fingerprint density at radius 1 is 1.06 bits per heavy atom. The van der Waals surface area contributed by atoms with Crippen LogP contribution in [-0.2, 0) is 12.8 Å². The third-order valence-corrected chi connectivity index (χ3v) is 4.17. The molecule has 0 spiro atoms. The van der Waals surface area contributed by atoms with Gasteiger partial charge in [0.05, 0.1) is 15.2 Å². The molecule has 0 saturated heterocycles. The Kier molecular flexibility index (Phi) is 4.55. The molecule has 1 aromatic heterocycles. The molecular formula is C15H21NS. The van der Waals surface area contributed by atoms with Gasteiger partial charge in [0.15, 0.2) is 0 Å². The summed E-state index contributed by atoms with van der Waals surface area (Å²) in [4.78, 5) is 4.82. The fourth-order valence-electron chi connectivity index (χ4n) is 2.06. The minimum absolute atomic E-state index is 1.14. The molecule has 1 nitrogen and oxygen atoms in total. The summed E-state index contributed by atoms with van der Waals surface area (Å²) in [5.74, 6) is 0. The van der Waals surface area contributed by atoms with Crippen molar-refractivity contribution in [2.24, 2.45) is 0 Å². The van der Waals surface area contributed by atoms with Gasteiger partial charge in [0.25, 0.3) is 0 Å². The van der Waals surface area contributed by atoms with Crippen LogP contribution < -0.4 is 0 Å². The standard InChI is InChI=1S/C15H21NS/c1-3-5-8-12-9-7-10-13-15(12)16-14(17-13)11-6-4-2/h7,9-10H,3-6,8,11H2,1-2H3. The minimum atomic E-state index is 1.14. The van der Waals surface area contributed by atoms with E-state index in [-0.39, 0.29) is 0 Å². The van der Waals surface area contributed by atoms with E-state index in [1.165, 1.54) is 52.9 Å². The largest absolute Gasteiger partial charge is 0.241 e. The van der Waals surface area contributed by atoms with Crippen LogP contribution in [0.25, 0.3) is 10.2 Å². The lowest BCUT2D eigenvalue weighted by Crippen LogP contribution is -1.87. The minimum Gasteiger partial charge on any atom is -0.241 e. The quantitative estimate of drug-likeness (QED) is 0.701. The third-order valence-electron chi connectivity index (χ3n) is 3.09. The molecule has 0 bridgehead atoms. The highest BCUT2D eigenvalue weighted by Gasteiger charge is 2.07. The molecule has 1 aromatic carbocycles. The smallest absolute Gasteiger partial charge is 0.0938 e. The van der Waals surface area contributed by atoms with Gasteiger partial charge in [-0.05, 0) is 37.3 Å². The Balaban J connectivity index is 2.25. The zero-order valence-electron chi connectivity index (χ0n) is 10.8. The highest BCUT2D eigenvalue weighted by Crippen LogP contribution is 2.26. The third kappa shape index (κ3) is 3.06. The van der Waals surface area contributed by atoms with Crippen molar-refractivity contribution in [1.82, 2.24) is 4.98 Å². The van der Waals surface area contributed by atoms with Crippen molar-refractivity contribution in [3.05, 3.63) is 28.8 Å². The fraction of sp³-hybridized carbons (Fsp3) is 0.533. The molecule has 0 aliphatic carbocycles. The lowest BCUT2D eigenvalue weighted by Gasteiger charge is -2.00. The van der Waals surface area contributed by atoms with E-state index in [9.17, 15) is 0 Å². The Morgan fingerprint density at radius 3 is 2.59 bits per heavy atom. The molecule has 0 saturated carbocycles. The van der Waals surface area contributed by atoms with Gasteiger partial charge in [-0.15, -0.1) is 11.3 Å². The Labute approximate surface area is 108 Å². The van der Waals surface area contributed by atoms with Crippen LogP contribution in [-0.4, -0.2) is 4.98 Å². The van der Waals surface area contributed by atoms with E-state index in [1.807, 2.05) is 11.3 Å². The molecular weight excluding hydrogens is 226 g/mol. The second-order valence-electron chi connectivity index (χ2n) is 4.58. The van der Waals surface area contributed by atoms with Crippen LogP contribution in [0.4, 0.5) is 0 Å². The topological polar surface area (TPSA) is 12.9 Å². The summed E-state index contributed by atoms with van der Waals surface area (Å²) >= 11 is 1.87. The maximum absolute atomic E-state index is 4.82. The predicted octanol–water partition coefficient (Wildman–Crippen LogP) is 4.98. The van der Waals surface area contributed by atoms with E-state index >= 15 is 0 Å². The summed E-state index contributed by atoms with van der Waals surface area (Å²) in [6.07, 6.45) is 7.33. The first kappa shape index (κ1) is 12.6. The summed E-state index contributed by atoms with van der Waals surface area (Å²) in [6, 6.07) is 6.62. The van der Waals surface area contributed by atoms with E-state index in [0.29, 0.717) is 0 Å². The van der Waals surface area contributed by atoms with Crippen molar-refractivity contribution in [1.29, 1.82) is 0 Å². The van der Waals surface area contributed by atoms with Gasteiger partial charge in [-0.2, -0.15) is 0 Å². The molecule has 92 valence electrons. The molecule has 1 heterocycles. The zero-order chi connectivity index (χ0) is 12.1. The molecule has 2 heteroatoms. The number of hydrogen-bond donors (Lipinski definition) is 0. The fourth-order valence-corrected chi connectivity index (χ4v) is 3.11. The molecule has 2 rings (SSSR count). The Hall–Kier alpha value is -0.890. The molecule has 0 N–H and O–H groups in total. The Morgan fingerprint density at radius 2 is 1.82 bits per heavy atom. The molecule has 0 aliphatic heterocycles. The van der Waals surface area contributed by atoms with Crippen LogP contribution in [0.5, 0.6) is 0 Å². The first-order valence-corrected chi connectivity index (χ1v) is 7.54. The van der Waals surface area contributed by atoms with Crippen molar-refractivity contribution in [2.75, 3.05) is 0 Å². The number of aryl methyl sites for hydroxylation is 2. The molecule has 0 aliphatic rings. The van der Waals surface area contributed by atoms with Crippen LogP contribution in [0.2, 0.25) is 0 Å². The van der Waals surface area contributed by atoms with E-state index in [0.717, 1.165) is 6.42 Å². The van der Waals surface area contributed by atoms with Crippen LogP contribution in [0.1, 0.15) is 50.1 Å². The summed E-state index contributed by atoms with van der Waals surface area (Å²) in [5.41, 5.74) is 2.69. The molecule has 0 atom stereocenters. The Bertz CT molecular complexity index is 473. The summed E-state index contributed by atoms with van der Waals surface area (Å²) < 4.78 is 1.37. The highest BCUT2D eigenvalue weighted by molar-refractivity contribution is 7.18. The average molecular weight is 247 g/mol. The molecule has 0 unspecified atom stereocenters. The predicted molar refractivity (Wildman–Crippen MR) is 76.8 cm³/mol. The van der Waals surface area contributed by atoms with E-state index < -0.39 is 0 Å². The molecule has 2 aromatic rings. The second kappa shape index (κ2) is 6.15. The summed E-state index contributed by atoms with van der Waals surface area (Å²) in [5, 5.41) is 1.31. The van der Waals surface area contributed by atoms with Crippen LogP contribution in [0.3, 0.4) is 0 Å². The maximum atomic E-state index is 4.82. The van der Waals surface area contributed by atoms with Gasteiger partial charge in [0.1, 0.15) is 0 Å². The number of aromatic nitrogens is 1. The monoisotopic (exact) mass is 247 g/mol. The molecule has 0 fully saturated rings. The van der Waals surface area contributed by atoms with Crippen molar-refractivity contribution in [3.63, 3.8) is 0 Å². The molecule has 0 amide bonds. The van der Waals surface area contributed by atoms with Gasteiger partial charge in [0.2, 0.25) is 0 Å². The van der Waals surface area contributed by atoms with E-state index in [1.54, 1.807) is 0 Å². The molecule has 0 radical (unpaired) electrons. The SMILES string of the molecule is CCCCc1nc2c(CCCC)cccc2s1. The zero-order valence-corrected chi connectivity index (χ0v) is 11.6. The van der Waals surface area contributed by atoms with Crippen molar-refractivity contribution in [3.8, 4) is 0 Å². The van der Waals surface area contributed by atoms with Crippen LogP contribution in [0.15, 0.2) is 18.2 Å². The summed E-state index contributed by atoms with van der Waals surface area (Å²) in [7, 11) is 0. The lowest BCUT2D eigenvalue weighted by molar-refractivity contribution is 0.787. The number of fused-ring (bicyclic) bond motifs is 1. The number of nitrogens with zero attached hydrogens (tertiary/aromatic N) is 1. The second-order valence-corrected chi connectivity index (χ2v) is 5.69.